The summed E-state index contributed by atoms with van der Waals surface area (Å²) in [6.45, 7) is 0.556. The number of urea groups is 1. The molecule has 0 unspecified atom stereocenters. The lowest BCUT2D eigenvalue weighted by atomic mass is 9.86. The summed E-state index contributed by atoms with van der Waals surface area (Å²) in [5.41, 5.74) is 0. The fraction of sp³-hybridized carbons (Fsp3) is 0.941. The minimum absolute atomic E-state index is 0.0709. The van der Waals surface area contributed by atoms with Gasteiger partial charge in [-0.3, -0.25) is 0 Å². The second-order valence-electron chi connectivity index (χ2n) is 7.21. The summed E-state index contributed by atoms with van der Waals surface area (Å²) in [5.74, 6) is 1.37. The number of carbonyl (C=O) groups is 1. The molecule has 0 spiro atoms. The first-order valence-electron chi connectivity index (χ1n) is 8.97. The van der Waals surface area contributed by atoms with Crippen LogP contribution < -0.4 is 5.32 Å². The molecule has 0 atom stereocenters. The van der Waals surface area contributed by atoms with Crippen molar-refractivity contribution in [3.05, 3.63) is 0 Å². The van der Waals surface area contributed by atoms with Crippen LogP contribution in [0.1, 0.15) is 64.2 Å². The van der Waals surface area contributed by atoms with Gasteiger partial charge in [-0.05, 0) is 50.4 Å². The van der Waals surface area contributed by atoms with Gasteiger partial charge in [-0.25, -0.2) is 4.79 Å². The molecule has 0 saturated heterocycles. The van der Waals surface area contributed by atoms with Crippen molar-refractivity contribution in [3.63, 3.8) is 0 Å². The quantitative estimate of drug-likeness (QED) is 0.791. The fourth-order valence-corrected chi connectivity index (χ4v) is 4.42. The van der Waals surface area contributed by atoms with Gasteiger partial charge in [0.2, 0.25) is 0 Å². The van der Waals surface area contributed by atoms with Gasteiger partial charge in [0, 0.05) is 18.6 Å². The molecule has 0 bridgehead atoms. The Labute approximate surface area is 128 Å². The molecule has 3 fully saturated rings. The van der Waals surface area contributed by atoms with E-state index in [-0.39, 0.29) is 12.6 Å². The summed E-state index contributed by atoms with van der Waals surface area (Å²) in [6, 6.07) is 0.836. The standard InChI is InChI=1S/C17H30N2O2/c20-12-11-19(15-9-10-15)17(21)18-16(13-5-1-2-6-13)14-7-3-4-8-14/h13-16,20H,1-12H2,(H,18,21). The molecule has 3 rings (SSSR count). The van der Waals surface area contributed by atoms with Gasteiger partial charge in [0.05, 0.1) is 6.61 Å². The van der Waals surface area contributed by atoms with Crippen molar-refractivity contribution in [2.75, 3.05) is 13.2 Å². The monoisotopic (exact) mass is 294 g/mol. The van der Waals surface area contributed by atoms with E-state index in [1.807, 2.05) is 4.90 Å². The molecule has 2 N–H and O–H groups in total. The van der Waals surface area contributed by atoms with Crippen molar-refractivity contribution in [2.45, 2.75) is 76.3 Å². The third kappa shape index (κ3) is 3.71. The van der Waals surface area contributed by atoms with Crippen LogP contribution in [0, 0.1) is 11.8 Å². The molecule has 2 amide bonds. The van der Waals surface area contributed by atoms with Gasteiger partial charge >= 0.3 is 6.03 Å². The molecule has 3 aliphatic carbocycles. The van der Waals surface area contributed by atoms with Crippen LogP contribution in [0.2, 0.25) is 0 Å². The molecule has 0 heterocycles. The summed E-state index contributed by atoms with van der Waals surface area (Å²) >= 11 is 0. The Morgan fingerprint density at radius 2 is 1.52 bits per heavy atom. The van der Waals surface area contributed by atoms with Crippen LogP contribution in [0.3, 0.4) is 0 Å². The van der Waals surface area contributed by atoms with Crippen LogP contribution in [0.15, 0.2) is 0 Å². The fourth-order valence-electron chi connectivity index (χ4n) is 4.42. The van der Waals surface area contributed by atoms with Crippen LogP contribution >= 0.6 is 0 Å². The van der Waals surface area contributed by atoms with Gasteiger partial charge in [-0.15, -0.1) is 0 Å². The average molecular weight is 294 g/mol. The molecule has 0 aliphatic heterocycles. The molecule has 3 aliphatic rings. The lowest BCUT2D eigenvalue weighted by Gasteiger charge is -2.33. The van der Waals surface area contributed by atoms with Gasteiger partial charge < -0.3 is 15.3 Å². The number of hydrogen-bond donors (Lipinski definition) is 2. The summed E-state index contributed by atoms with van der Waals surface area (Å²) in [4.78, 5) is 14.5. The first-order valence-corrected chi connectivity index (χ1v) is 8.97. The maximum Gasteiger partial charge on any atom is 0.317 e. The minimum atomic E-state index is 0.0709. The normalized spacial score (nSPS) is 23.9. The summed E-state index contributed by atoms with van der Waals surface area (Å²) in [6.07, 6.45) is 12.6. The molecular weight excluding hydrogens is 264 g/mol. The minimum Gasteiger partial charge on any atom is -0.395 e. The SMILES string of the molecule is O=C(NC(C1CCCC1)C1CCCC1)N(CCO)C1CC1. The van der Waals surface area contributed by atoms with Crippen LogP contribution in [-0.2, 0) is 0 Å². The van der Waals surface area contributed by atoms with Crippen LogP contribution in [0.5, 0.6) is 0 Å². The van der Waals surface area contributed by atoms with Crippen molar-refractivity contribution < 1.29 is 9.90 Å². The van der Waals surface area contributed by atoms with Crippen molar-refractivity contribution >= 4 is 6.03 Å². The number of nitrogens with zero attached hydrogens (tertiary/aromatic N) is 1. The number of aliphatic hydroxyl groups excluding tert-OH is 1. The Hall–Kier alpha value is -0.770. The molecule has 0 aromatic heterocycles. The first-order chi connectivity index (χ1) is 10.3. The Kier molecular flexibility index (Phi) is 5.04. The Morgan fingerprint density at radius 1 is 1.00 bits per heavy atom. The van der Waals surface area contributed by atoms with Crippen LogP contribution in [-0.4, -0.2) is 41.3 Å². The highest BCUT2D eigenvalue weighted by molar-refractivity contribution is 5.75. The molecular formula is C17H30N2O2. The van der Waals surface area contributed by atoms with Gasteiger partial charge in [0.25, 0.3) is 0 Å². The maximum atomic E-state index is 12.6. The van der Waals surface area contributed by atoms with Gasteiger partial charge in [0.1, 0.15) is 0 Å². The largest absolute Gasteiger partial charge is 0.395 e. The van der Waals surface area contributed by atoms with Gasteiger partial charge in [-0.2, -0.15) is 0 Å². The third-order valence-corrected chi connectivity index (χ3v) is 5.69. The van der Waals surface area contributed by atoms with Gasteiger partial charge in [0.15, 0.2) is 0 Å². The van der Waals surface area contributed by atoms with E-state index in [9.17, 15) is 9.90 Å². The summed E-state index contributed by atoms with van der Waals surface area (Å²) in [7, 11) is 0. The molecule has 3 saturated carbocycles. The third-order valence-electron chi connectivity index (χ3n) is 5.69. The number of aliphatic hydroxyl groups is 1. The number of hydrogen-bond acceptors (Lipinski definition) is 2. The van der Waals surface area contributed by atoms with E-state index >= 15 is 0 Å². The van der Waals surface area contributed by atoms with E-state index in [0.29, 0.717) is 30.5 Å². The maximum absolute atomic E-state index is 12.6. The second kappa shape index (κ2) is 6.99. The molecule has 0 radical (unpaired) electrons. The van der Waals surface area contributed by atoms with E-state index in [1.54, 1.807) is 0 Å². The zero-order valence-electron chi connectivity index (χ0n) is 13.1. The lowest BCUT2D eigenvalue weighted by molar-refractivity contribution is 0.159. The summed E-state index contributed by atoms with van der Waals surface area (Å²) in [5, 5.41) is 12.6. The highest BCUT2D eigenvalue weighted by Gasteiger charge is 2.37. The number of rotatable bonds is 6. The van der Waals surface area contributed by atoms with E-state index in [4.69, 9.17) is 0 Å². The van der Waals surface area contributed by atoms with E-state index < -0.39 is 0 Å². The van der Waals surface area contributed by atoms with Crippen molar-refractivity contribution in [1.82, 2.24) is 10.2 Å². The molecule has 120 valence electrons. The number of carbonyl (C=O) groups excluding carboxylic acids is 1. The van der Waals surface area contributed by atoms with Gasteiger partial charge in [-0.1, -0.05) is 25.7 Å². The van der Waals surface area contributed by atoms with Crippen molar-refractivity contribution in [1.29, 1.82) is 0 Å². The topological polar surface area (TPSA) is 52.6 Å². The zero-order chi connectivity index (χ0) is 14.7. The predicted molar refractivity (Wildman–Crippen MR) is 83.0 cm³/mol. The molecule has 21 heavy (non-hydrogen) atoms. The Balaban J connectivity index is 1.63. The molecule has 0 aromatic rings. The van der Waals surface area contributed by atoms with Crippen LogP contribution in [0.25, 0.3) is 0 Å². The van der Waals surface area contributed by atoms with E-state index in [0.717, 1.165) is 12.8 Å². The van der Waals surface area contributed by atoms with E-state index in [1.165, 1.54) is 51.4 Å². The Bertz CT molecular complexity index is 329. The smallest absolute Gasteiger partial charge is 0.317 e. The molecule has 4 nitrogen and oxygen atoms in total. The lowest BCUT2D eigenvalue weighted by Crippen LogP contribution is -2.51. The summed E-state index contributed by atoms with van der Waals surface area (Å²) < 4.78 is 0. The predicted octanol–water partition coefficient (Wildman–Crippen LogP) is 2.90. The second-order valence-corrected chi connectivity index (χ2v) is 7.21. The average Bonchev–Trinajstić information content (AvgIpc) is 2.97. The highest BCUT2D eigenvalue weighted by atomic mass is 16.3. The molecule has 0 aromatic carbocycles. The van der Waals surface area contributed by atoms with Crippen LogP contribution in [0.4, 0.5) is 4.79 Å². The Morgan fingerprint density at radius 3 is 1.95 bits per heavy atom. The highest BCUT2D eigenvalue weighted by Crippen LogP contribution is 2.37. The number of amides is 2. The number of nitrogens with one attached hydrogen (secondary N) is 1. The molecule has 4 heteroatoms. The zero-order valence-corrected chi connectivity index (χ0v) is 13.1. The first kappa shape index (κ1) is 15.1. The van der Waals surface area contributed by atoms with Crippen molar-refractivity contribution in [3.8, 4) is 0 Å². The van der Waals surface area contributed by atoms with E-state index in [2.05, 4.69) is 5.32 Å². The van der Waals surface area contributed by atoms with Crippen molar-refractivity contribution in [2.24, 2.45) is 11.8 Å².